The van der Waals surface area contributed by atoms with Gasteiger partial charge in [0.25, 0.3) is 0 Å². The molecule has 4 nitrogen and oxygen atoms in total. The van der Waals surface area contributed by atoms with Crippen molar-refractivity contribution in [2.24, 2.45) is 11.1 Å². The minimum Gasteiger partial charge on any atom is -0.478 e. The van der Waals surface area contributed by atoms with E-state index >= 15 is 0 Å². The van der Waals surface area contributed by atoms with Crippen molar-refractivity contribution in [3.8, 4) is 0 Å². The zero-order valence-corrected chi connectivity index (χ0v) is 21.5. The van der Waals surface area contributed by atoms with Crippen LogP contribution in [0.25, 0.3) is 6.08 Å². The number of aliphatic carboxylic acids is 1. The number of hydrogen-bond donors (Lipinski definition) is 2. The fourth-order valence-electron chi connectivity index (χ4n) is 6.58. The highest BCUT2D eigenvalue weighted by molar-refractivity contribution is 8.01. The van der Waals surface area contributed by atoms with Gasteiger partial charge in [-0.2, -0.15) is 0 Å². The van der Waals surface area contributed by atoms with Gasteiger partial charge in [0.05, 0.1) is 17.0 Å². The Bertz CT molecular complexity index is 1400. The lowest BCUT2D eigenvalue weighted by Crippen LogP contribution is -2.73. The predicted octanol–water partition coefficient (Wildman–Crippen LogP) is 5.63. The molecule has 0 spiro atoms. The third-order valence-electron chi connectivity index (χ3n) is 8.12. The molecule has 3 aromatic carbocycles. The minimum atomic E-state index is -1.25. The summed E-state index contributed by atoms with van der Waals surface area (Å²) >= 11 is 8.25. The van der Waals surface area contributed by atoms with Gasteiger partial charge in [0.2, 0.25) is 0 Å². The van der Waals surface area contributed by atoms with Gasteiger partial charge in [-0.15, -0.1) is 23.4 Å². The number of carboxylic acids is 1. The van der Waals surface area contributed by atoms with E-state index < -0.39 is 28.6 Å². The van der Waals surface area contributed by atoms with Crippen LogP contribution in [0, 0.1) is 5.41 Å². The van der Waals surface area contributed by atoms with Crippen molar-refractivity contribution in [1.82, 2.24) is 0 Å². The largest absolute Gasteiger partial charge is 0.478 e. The molecule has 6 heteroatoms. The van der Waals surface area contributed by atoms with Crippen molar-refractivity contribution in [2.45, 2.75) is 28.4 Å². The van der Waals surface area contributed by atoms with Crippen molar-refractivity contribution < 1.29 is 14.7 Å². The standard InChI is InChI=1S/C31H26ClNO3S/c32-17-22-25(30(35)36)31(23-16-15-18-9-7-8-14-21(18)23)28(34)26(33)29(31)37-27(22)24(19-10-3-1-4-11-19)20-12-5-2-6-13-20/h1-16,23-24,26-27,29H,17,33H2,(H,35,36)/t23?,26-,27?,29+,31?/m1/s1. The highest BCUT2D eigenvalue weighted by atomic mass is 35.5. The fourth-order valence-corrected chi connectivity index (χ4v) is 9.01. The first kappa shape index (κ1) is 24.2. The van der Waals surface area contributed by atoms with Gasteiger partial charge < -0.3 is 10.8 Å². The van der Waals surface area contributed by atoms with E-state index in [0.29, 0.717) is 5.57 Å². The number of Topliss-reactive ketones (excluding diaryl/α,β-unsaturated/α-hetero) is 1. The third kappa shape index (κ3) is 3.48. The zero-order chi connectivity index (χ0) is 25.7. The fraction of sp³-hybridized carbons (Fsp3) is 0.226. The smallest absolute Gasteiger partial charge is 0.332 e. The van der Waals surface area contributed by atoms with Crippen molar-refractivity contribution in [3.05, 3.63) is 124 Å². The van der Waals surface area contributed by atoms with Crippen molar-refractivity contribution in [3.63, 3.8) is 0 Å². The lowest BCUT2D eigenvalue weighted by molar-refractivity contribution is -0.144. The number of rotatable bonds is 6. The summed E-state index contributed by atoms with van der Waals surface area (Å²) in [5.41, 5.74) is 10.1. The molecule has 1 fully saturated rings. The van der Waals surface area contributed by atoms with Crippen molar-refractivity contribution >= 4 is 41.2 Å². The number of nitrogens with two attached hydrogens (primary N) is 1. The predicted molar refractivity (Wildman–Crippen MR) is 149 cm³/mol. The van der Waals surface area contributed by atoms with Crippen molar-refractivity contribution in [1.29, 1.82) is 0 Å². The van der Waals surface area contributed by atoms with Gasteiger partial charge in [0, 0.05) is 28.2 Å². The van der Waals surface area contributed by atoms with Gasteiger partial charge in [-0.05, 0) is 27.8 Å². The number of carbonyl (C=O) groups excluding carboxylic acids is 1. The second-order valence-corrected chi connectivity index (χ2v) is 11.4. The third-order valence-corrected chi connectivity index (χ3v) is 10.2. The number of benzene rings is 3. The zero-order valence-electron chi connectivity index (χ0n) is 20.0. The van der Waals surface area contributed by atoms with Gasteiger partial charge >= 0.3 is 5.97 Å². The van der Waals surface area contributed by atoms with E-state index in [-0.39, 0.29) is 28.4 Å². The monoisotopic (exact) mass is 527 g/mol. The molecule has 2 aliphatic carbocycles. The van der Waals surface area contributed by atoms with E-state index in [0.717, 1.165) is 22.3 Å². The van der Waals surface area contributed by atoms with Crippen molar-refractivity contribution in [2.75, 3.05) is 5.88 Å². The molecule has 3 N–H and O–H groups in total. The molecular formula is C31H26ClNO3S. The van der Waals surface area contributed by atoms with Crippen LogP contribution in [-0.2, 0) is 9.59 Å². The molecule has 3 unspecified atom stereocenters. The number of alkyl halides is 1. The Morgan fingerprint density at radius 2 is 1.57 bits per heavy atom. The number of hydrogen-bond acceptors (Lipinski definition) is 4. The molecule has 0 saturated heterocycles. The van der Waals surface area contributed by atoms with E-state index in [4.69, 9.17) is 17.3 Å². The Balaban J connectivity index is 1.59. The van der Waals surface area contributed by atoms with Crippen LogP contribution in [0.1, 0.15) is 34.1 Å². The molecule has 1 aliphatic heterocycles. The lowest BCUT2D eigenvalue weighted by atomic mass is 9.51. The molecule has 0 radical (unpaired) electrons. The van der Waals surface area contributed by atoms with Crippen LogP contribution < -0.4 is 5.73 Å². The molecular weight excluding hydrogens is 502 g/mol. The molecule has 0 bridgehead atoms. The van der Waals surface area contributed by atoms with Crippen LogP contribution in [0.5, 0.6) is 0 Å². The second-order valence-electron chi connectivity index (χ2n) is 9.84. The summed E-state index contributed by atoms with van der Waals surface area (Å²) in [5.74, 6) is -1.84. The van der Waals surface area contributed by atoms with Gasteiger partial charge in [-0.25, -0.2) is 4.79 Å². The lowest BCUT2D eigenvalue weighted by Gasteiger charge is -2.59. The molecule has 3 aliphatic rings. The second kappa shape index (κ2) is 9.32. The van der Waals surface area contributed by atoms with Gasteiger partial charge in [-0.3, -0.25) is 4.79 Å². The van der Waals surface area contributed by atoms with Gasteiger partial charge in [0.15, 0.2) is 5.78 Å². The Morgan fingerprint density at radius 3 is 2.16 bits per heavy atom. The van der Waals surface area contributed by atoms with Crippen LogP contribution in [0.15, 0.2) is 102 Å². The summed E-state index contributed by atoms with van der Waals surface area (Å²) in [4.78, 5) is 26.9. The summed E-state index contributed by atoms with van der Waals surface area (Å²) in [7, 11) is 0. The van der Waals surface area contributed by atoms with E-state index in [9.17, 15) is 14.7 Å². The molecule has 37 heavy (non-hydrogen) atoms. The summed E-state index contributed by atoms with van der Waals surface area (Å²) in [5, 5.41) is 10.1. The molecule has 1 saturated carbocycles. The molecule has 186 valence electrons. The summed E-state index contributed by atoms with van der Waals surface area (Å²) < 4.78 is 0. The summed E-state index contributed by atoms with van der Waals surface area (Å²) in [6.45, 7) is 0. The first-order valence-electron chi connectivity index (χ1n) is 12.3. The van der Waals surface area contributed by atoms with E-state index in [1.165, 1.54) is 0 Å². The Morgan fingerprint density at radius 1 is 0.973 bits per heavy atom. The summed E-state index contributed by atoms with van der Waals surface area (Å²) in [6.07, 6.45) is 3.96. The number of carbonyl (C=O) groups is 2. The molecule has 3 aromatic rings. The van der Waals surface area contributed by atoms with E-state index in [1.54, 1.807) is 11.8 Å². The highest BCUT2D eigenvalue weighted by Gasteiger charge is 2.71. The molecule has 1 heterocycles. The first-order valence-corrected chi connectivity index (χ1v) is 13.8. The number of carboxylic acid groups (broad SMARTS) is 1. The Labute approximate surface area is 225 Å². The van der Waals surface area contributed by atoms with Gasteiger partial charge in [0.1, 0.15) is 0 Å². The van der Waals surface area contributed by atoms with Crippen LogP contribution in [0.3, 0.4) is 0 Å². The molecule has 0 amide bonds. The van der Waals surface area contributed by atoms with E-state index in [1.807, 2.05) is 72.8 Å². The topological polar surface area (TPSA) is 80.4 Å². The highest BCUT2D eigenvalue weighted by Crippen LogP contribution is 2.66. The van der Waals surface area contributed by atoms with Gasteiger partial charge in [-0.1, -0.05) is 97.1 Å². The average molecular weight is 528 g/mol. The average Bonchev–Trinajstić information content (AvgIpc) is 3.37. The van der Waals surface area contributed by atoms with Crippen LogP contribution in [0.4, 0.5) is 0 Å². The Kier molecular flexibility index (Phi) is 6.10. The molecule has 5 atom stereocenters. The molecule has 6 rings (SSSR count). The SMILES string of the molecule is N[C@@H]1C(=O)C2(C3C=Cc4ccccc43)C(C(=O)O)=C(CCl)C(C(c3ccccc3)c3ccccc3)S[C@@H]12. The maximum atomic E-state index is 13.8. The normalized spacial score (nSPS) is 28.1. The van der Waals surface area contributed by atoms with Crippen LogP contribution in [0.2, 0.25) is 0 Å². The number of ketones is 1. The maximum Gasteiger partial charge on any atom is 0.332 e. The number of allylic oxidation sites excluding steroid dienone is 1. The van der Waals surface area contributed by atoms with E-state index in [2.05, 4.69) is 24.3 Å². The first-order chi connectivity index (χ1) is 18.0. The van der Waals surface area contributed by atoms with Crippen LogP contribution in [-0.4, -0.2) is 39.3 Å². The number of fused-ring (bicyclic) bond motifs is 2. The quantitative estimate of drug-likeness (QED) is 0.406. The molecule has 0 aromatic heterocycles. The maximum absolute atomic E-state index is 13.8. The number of halogens is 1. The summed E-state index contributed by atoms with van der Waals surface area (Å²) in [6, 6.07) is 27.3. The minimum absolute atomic E-state index is 0.0184. The van der Waals surface area contributed by atoms with Crippen LogP contribution >= 0.6 is 23.4 Å². The Hall–Kier alpha value is -3.12. The number of thioether (sulfide) groups is 1.